The van der Waals surface area contributed by atoms with E-state index in [4.69, 9.17) is 7.85 Å². The fourth-order valence-electron chi connectivity index (χ4n) is 2.46. The summed E-state index contributed by atoms with van der Waals surface area (Å²) in [5.74, 6) is 1.47. The third kappa shape index (κ3) is 1.76. The Kier molecular flexibility index (Phi) is 3.43. The van der Waals surface area contributed by atoms with Crippen LogP contribution >= 0.6 is 0 Å². The highest BCUT2D eigenvalue weighted by molar-refractivity contribution is 6.08. The Morgan fingerprint density at radius 3 is 2.67 bits per heavy atom. The van der Waals surface area contributed by atoms with Crippen LogP contribution < -0.4 is 0 Å². The molecule has 12 heavy (non-hydrogen) atoms. The molecule has 2 unspecified atom stereocenters. The average Bonchev–Trinajstić information content (AvgIpc) is 2.28. The summed E-state index contributed by atoms with van der Waals surface area (Å²) in [7, 11) is 5.77. The number of rotatable bonds is 3. The van der Waals surface area contributed by atoms with E-state index in [1.54, 1.807) is 11.1 Å². The highest BCUT2D eigenvalue weighted by atomic mass is 14.3. The molecule has 2 radical (unpaired) electrons. The van der Waals surface area contributed by atoms with Gasteiger partial charge in [-0.1, -0.05) is 37.7 Å². The van der Waals surface area contributed by atoms with Gasteiger partial charge in [-0.25, -0.2) is 0 Å². The lowest BCUT2D eigenvalue weighted by Gasteiger charge is -2.17. The Bertz CT molecular complexity index is 181. The Morgan fingerprint density at radius 1 is 1.50 bits per heavy atom. The van der Waals surface area contributed by atoms with Crippen molar-refractivity contribution in [3.8, 4) is 0 Å². The Hall–Kier alpha value is -0.195. The molecule has 1 aliphatic rings. The molecule has 0 saturated heterocycles. The zero-order valence-electron chi connectivity index (χ0n) is 8.56. The molecule has 0 nitrogen and oxygen atoms in total. The van der Waals surface area contributed by atoms with Crippen LogP contribution in [0.15, 0.2) is 11.1 Å². The maximum absolute atomic E-state index is 5.77. The van der Waals surface area contributed by atoms with Gasteiger partial charge in [0.25, 0.3) is 0 Å². The third-order valence-electron chi connectivity index (χ3n) is 3.08. The predicted molar refractivity (Wildman–Crippen MR) is 55.4 cm³/mol. The van der Waals surface area contributed by atoms with E-state index in [-0.39, 0.29) is 0 Å². The quantitative estimate of drug-likeness (QED) is 0.441. The van der Waals surface area contributed by atoms with E-state index in [1.165, 1.54) is 19.3 Å². The fraction of sp³-hybridized carbons (Fsp3) is 0.818. The van der Waals surface area contributed by atoms with Crippen molar-refractivity contribution >= 4 is 7.85 Å². The maximum Gasteiger partial charge on any atom is 0.0661 e. The highest BCUT2D eigenvalue weighted by Gasteiger charge is 2.26. The molecule has 0 saturated carbocycles. The third-order valence-corrected chi connectivity index (χ3v) is 3.08. The van der Waals surface area contributed by atoms with Gasteiger partial charge in [0.1, 0.15) is 0 Å². The van der Waals surface area contributed by atoms with Crippen molar-refractivity contribution in [1.29, 1.82) is 0 Å². The van der Waals surface area contributed by atoms with E-state index in [9.17, 15) is 0 Å². The molecule has 1 heteroatoms. The van der Waals surface area contributed by atoms with Crippen LogP contribution in [0.5, 0.6) is 0 Å². The van der Waals surface area contributed by atoms with Crippen LogP contribution in [-0.2, 0) is 0 Å². The summed E-state index contributed by atoms with van der Waals surface area (Å²) in [4.78, 5) is 0. The van der Waals surface area contributed by atoms with Gasteiger partial charge in [-0.2, -0.15) is 0 Å². The first-order chi connectivity index (χ1) is 5.70. The lowest BCUT2D eigenvalue weighted by molar-refractivity contribution is 0.470. The maximum atomic E-state index is 5.77. The molecule has 0 bridgehead atoms. The van der Waals surface area contributed by atoms with Gasteiger partial charge in [0.15, 0.2) is 0 Å². The molecule has 0 heterocycles. The first-order valence-electron chi connectivity index (χ1n) is 5.09. The summed E-state index contributed by atoms with van der Waals surface area (Å²) in [6.45, 7) is 6.84. The molecule has 0 aromatic heterocycles. The van der Waals surface area contributed by atoms with Crippen LogP contribution in [0.2, 0.25) is 6.32 Å². The van der Waals surface area contributed by atoms with Crippen LogP contribution in [0.25, 0.3) is 0 Å². The molecule has 0 N–H and O–H groups in total. The van der Waals surface area contributed by atoms with Crippen molar-refractivity contribution in [2.75, 3.05) is 0 Å². The van der Waals surface area contributed by atoms with Crippen LogP contribution in [-0.4, -0.2) is 7.85 Å². The minimum absolute atomic E-state index is 0.685. The summed E-state index contributed by atoms with van der Waals surface area (Å²) in [5, 5.41) is 0. The summed E-state index contributed by atoms with van der Waals surface area (Å²) >= 11 is 0. The molecule has 0 aromatic rings. The molecule has 0 spiro atoms. The number of allylic oxidation sites excluding steroid dienone is 2. The molecular formula is C11H19B. The minimum atomic E-state index is 0.685. The summed E-state index contributed by atoms with van der Waals surface area (Å²) in [6.07, 6.45) is 4.64. The second-order valence-electron chi connectivity index (χ2n) is 4.08. The Balaban J connectivity index is 2.70. The van der Waals surface area contributed by atoms with Gasteiger partial charge in [-0.05, 0) is 31.6 Å². The lowest BCUT2D eigenvalue weighted by Crippen LogP contribution is -2.07. The molecule has 1 aliphatic carbocycles. The molecule has 2 atom stereocenters. The normalized spacial score (nSPS) is 29.9. The van der Waals surface area contributed by atoms with E-state index in [1.807, 2.05) is 0 Å². The zero-order valence-corrected chi connectivity index (χ0v) is 8.56. The van der Waals surface area contributed by atoms with Crippen LogP contribution in [0, 0.1) is 11.8 Å². The van der Waals surface area contributed by atoms with Gasteiger partial charge >= 0.3 is 0 Å². The van der Waals surface area contributed by atoms with E-state index in [2.05, 4.69) is 20.8 Å². The van der Waals surface area contributed by atoms with Gasteiger partial charge in [-0.3, -0.25) is 0 Å². The number of hydrogen-bond donors (Lipinski definition) is 0. The second-order valence-corrected chi connectivity index (χ2v) is 4.08. The van der Waals surface area contributed by atoms with Crippen molar-refractivity contribution in [2.45, 2.75) is 46.4 Å². The Morgan fingerprint density at radius 2 is 2.17 bits per heavy atom. The van der Waals surface area contributed by atoms with Gasteiger partial charge in [-0.15, -0.1) is 0 Å². The smallest absolute Gasteiger partial charge is 0.0661 e. The standard InChI is InChI=1S/C11H19B/c1-4-5-10-8(2)6-9(3)11(10)7-12/h9,11H,4-7H2,1-3H3. The average molecular weight is 162 g/mol. The molecule has 66 valence electrons. The SMILES string of the molecule is [B]CC1C(CCC)=C(C)CC1C. The van der Waals surface area contributed by atoms with Crippen LogP contribution in [0.3, 0.4) is 0 Å². The highest BCUT2D eigenvalue weighted by Crippen LogP contribution is 2.40. The Labute approximate surface area is 77.8 Å². The molecular weight excluding hydrogens is 143 g/mol. The fourth-order valence-corrected chi connectivity index (χ4v) is 2.46. The summed E-state index contributed by atoms with van der Waals surface area (Å²) in [5.41, 5.74) is 3.27. The lowest BCUT2D eigenvalue weighted by atomic mass is 9.80. The number of hydrogen-bond acceptors (Lipinski definition) is 0. The van der Waals surface area contributed by atoms with Crippen LogP contribution in [0.4, 0.5) is 0 Å². The van der Waals surface area contributed by atoms with E-state index in [0.29, 0.717) is 5.92 Å². The minimum Gasteiger partial charge on any atom is -0.0820 e. The van der Waals surface area contributed by atoms with Gasteiger partial charge < -0.3 is 0 Å². The molecule has 0 aromatic carbocycles. The van der Waals surface area contributed by atoms with E-state index in [0.717, 1.165) is 12.2 Å². The molecule has 0 amide bonds. The van der Waals surface area contributed by atoms with Gasteiger partial charge in [0.2, 0.25) is 0 Å². The van der Waals surface area contributed by atoms with Gasteiger partial charge in [0, 0.05) is 0 Å². The second kappa shape index (κ2) is 4.16. The zero-order chi connectivity index (χ0) is 9.14. The largest absolute Gasteiger partial charge is 0.0820 e. The van der Waals surface area contributed by atoms with Crippen molar-refractivity contribution < 1.29 is 0 Å². The summed E-state index contributed by atoms with van der Waals surface area (Å²) < 4.78 is 0. The monoisotopic (exact) mass is 162 g/mol. The molecule has 1 rings (SSSR count). The van der Waals surface area contributed by atoms with Crippen molar-refractivity contribution in [3.05, 3.63) is 11.1 Å². The van der Waals surface area contributed by atoms with Crippen LogP contribution in [0.1, 0.15) is 40.0 Å². The van der Waals surface area contributed by atoms with Crippen molar-refractivity contribution in [2.24, 2.45) is 11.8 Å². The first kappa shape index (κ1) is 9.89. The van der Waals surface area contributed by atoms with Crippen molar-refractivity contribution in [3.63, 3.8) is 0 Å². The van der Waals surface area contributed by atoms with E-state index >= 15 is 0 Å². The van der Waals surface area contributed by atoms with E-state index < -0.39 is 0 Å². The first-order valence-corrected chi connectivity index (χ1v) is 5.09. The van der Waals surface area contributed by atoms with Gasteiger partial charge in [0.05, 0.1) is 7.85 Å². The predicted octanol–water partition coefficient (Wildman–Crippen LogP) is 3.35. The molecule has 0 aliphatic heterocycles. The molecule has 0 fully saturated rings. The summed E-state index contributed by atoms with van der Waals surface area (Å²) in [6, 6.07) is 0. The topological polar surface area (TPSA) is 0 Å². The van der Waals surface area contributed by atoms with Crippen molar-refractivity contribution in [1.82, 2.24) is 0 Å².